The molecule has 8 nitrogen and oxygen atoms in total. The van der Waals surface area contributed by atoms with Gasteiger partial charge in [0.15, 0.2) is 0 Å². The Morgan fingerprint density at radius 2 is 1.74 bits per heavy atom. The molecule has 0 aliphatic rings. The predicted octanol–water partition coefficient (Wildman–Crippen LogP) is 2.73. The Labute approximate surface area is 177 Å². The van der Waals surface area contributed by atoms with E-state index in [4.69, 9.17) is 0 Å². The third-order valence-corrected chi connectivity index (χ3v) is 6.74. The summed E-state index contributed by atoms with van der Waals surface area (Å²) in [7, 11) is -6.93. The van der Waals surface area contributed by atoms with E-state index < -0.39 is 42.7 Å². The quantitative estimate of drug-likeness (QED) is 0.561. The minimum absolute atomic E-state index is 0.0857. The lowest BCUT2D eigenvalue weighted by Crippen LogP contribution is -2.25. The number of sulfonamides is 2. The zero-order valence-electron chi connectivity index (χ0n) is 16.4. The van der Waals surface area contributed by atoms with Gasteiger partial charge in [-0.1, -0.05) is 6.07 Å². The van der Waals surface area contributed by atoms with Gasteiger partial charge >= 0.3 is 12.1 Å². The van der Waals surface area contributed by atoms with Gasteiger partial charge in [0.05, 0.1) is 28.9 Å². The third kappa shape index (κ3) is 6.67. The van der Waals surface area contributed by atoms with E-state index in [1.165, 1.54) is 19.1 Å². The molecule has 0 saturated heterocycles. The van der Waals surface area contributed by atoms with E-state index in [0.29, 0.717) is 6.07 Å². The molecule has 0 saturated carbocycles. The summed E-state index contributed by atoms with van der Waals surface area (Å²) in [6, 6.07) is 6.81. The molecule has 0 amide bonds. The summed E-state index contributed by atoms with van der Waals surface area (Å²) in [6.45, 7) is 1.17. The Morgan fingerprint density at radius 1 is 1.06 bits per heavy atom. The first-order valence-corrected chi connectivity index (χ1v) is 11.8. The van der Waals surface area contributed by atoms with Crippen LogP contribution in [0.25, 0.3) is 0 Å². The molecule has 0 aliphatic heterocycles. The first kappa shape index (κ1) is 24.6. The van der Waals surface area contributed by atoms with Gasteiger partial charge in [-0.2, -0.15) is 13.2 Å². The summed E-state index contributed by atoms with van der Waals surface area (Å²) in [5.41, 5.74) is -1.17. The Balaban J connectivity index is 2.42. The lowest BCUT2D eigenvalue weighted by atomic mass is 10.1. The number of esters is 1. The van der Waals surface area contributed by atoms with Crippen molar-refractivity contribution in [3.8, 4) is 0 Å². The molecule has 0 aliphatic carbocycles. The maximum atomic E-state index is 12.9. The highest BCUT2D eigenvalue weighted by atomic mass is 32.2. The van der Waals surface area contributed by atoms with Crippen LogP contribution in [-0.2, 0) is 37.5 Å². The summed E-state index contributed by atoms with van der Waals surface area (Å²) >= 11 is 0. The Kier molecular flexibility index (Phi) is 7.34. The fourth-order valence-electron chi connectivity index (χ4n) is 2.44. The van der Waals surface area contributed by atoms with Gasteiger partial charge in [-0.3, -0.25) is 4.72 Å². The largest absolute Gasteiger partial charge is 0.465 e. The van der Waals surface area contributed by atoms with Gasteiger partial charge in [-0.15, -0.1) is 0 Å². The zero-order chi connectivity index (χ0) is 23.4. The molecule has 0 bridgehead atoms. The smallest absolute Gasteiger partial charge is 0.416 e. The topological polar surface area (TPSA) is 119 Å². The van der Waals surface area contributed by atoms with E-state index >= 15 is 0 Å². The van der Waals surface area contributed by atoms with Crippen molar-refractivity contribution in [1.82, 2.24) is 4.72 Å². The summed E-state index contributed by atoms with van der Waals surface area (Å²) in [4.78, 5) is 11.3. The van der Waals surface area contributed by atoms with Crippen LogP contribution >= 0.6 is 0 Å². The van der Waals surface area contributed by atoms with Gasteiger partial charge in [0, 0.05) is 12.2 Å². The van der Waals surface area contributed by atoms with Crippen molar-refractivity contribution in [2.24, 2.45) is 0 Å². The van der Waals surface area contributed by atoms with Crippen LogP contribution in [0.1, 0.15) is 28.4 Å². The molecule has 0 heterocycles. The van der Waals surface area contributed by atoms with E-state index in [1.54, 1.807) is 0 Å². The van der Waals surface area contributed by atoms with Crippen molar-refractivity contribution in [2.45, 2.75) is 24.5 Å². The van der Waals surface area contributed by atoms with Crippen LogP contribution in [0.3, 0.4) is 0 Å². The molecule has 2 aromatic carbocycles. The SMILES string of the molecule is CCS(=O)(=O)NCc1cc(NS(=O)(=O)c2cccc(C(F)(F)F)c2)cc(C(=O)OC)c1. The average Bonchev–Trinajstić information content (AvgIpc) is 2.70. The van der Waals surface area contributed by atoms with Gasteiger partial charge in [-0.25, -0.2) is 26.4 Å². The van der Waals surface area contributed by atoms with Crippen molar-refractivity contribution < 1.29 is 39.5 Å². The van der Waals surface area contributed by atoms with E-state index in [1.807, 2.05) is 0 Å². The Bertz CT molecular complexity index is 1180. The van der Waals surface area contributed by atoms with Gasteiger partial charge in [0.1, 0.15) is 0 Å². The first-order chi connectivity index (χ1) is 14.3. The molecule has 13 heteroatoms. The molecule has 2 N–H and O–H groups in total. The van der Waals surface area contributed by atoms with Crippen LogP contribution in [-0.4, -0.2) is 35.7 Å². The number of halogens is 3. The predicted molar refractivity (Wildman–Crippen MR) is 106 cm³/mol. The Morgan fingerprint density at radius 3 is 2.32 bits per heavy atom. The van der Waals surface area contributed by atoms with Crippen LogP contribution < -0.4 is 9.44 Å². The van der Waals surface area contributed by atoms with Crippen LogP contribution in [0.2, 0.25) is 0 Å². The maximum absolute atomic E-state index is 12.9. The van der Waals surface area contributed by atoms with Crippen molar-refractivity contribution in [2.75, 3.05) is 17.6 Å². The number of anilines is 1. The lowest BCUT2D eigenvalue weighted by molar-refractivity contribution is -0.137. The number of benzene rings is 2. The molecular weight excluding hydrogens is 461 g/mol. The fourth-order valence-corrected chi connectivity index (χ4v) is 4.11. The van der Waals surface area contributed by atoms with E-state index in [-0.39, 0.29) is 29.1 Å². The van der Waals surface area contributed by atoms with Gasteiger partial charge < -0.3 is 4.74 Å². The van der Waals surface area contributed by atoms with Crippen molar-refractivity contribution in [3.05, 3.63) is 59.2 Å². The number of hydrogen-bond donors (Lipinski definition) is 2. The van der Waals surface area contributed by atoms with Crippen LogP contribution in [0.5, 0.6) is 0 Å². The molecule has 0 atom stereocenters. The zero-order valence-corrected chi connectivity index (χ0v) is 18.0. The molecule has 0 radical (unpaired) electrons. The second kappa shape index (κ2) is 9.24. The summed E-state index contributed by atoms with van der Waals surface area (Å²) in [5.74, 6) is -1.02. The van der Waals surface area contributed by atoms with Crippen molar-refractivity contribution in [3.63, 3.8) is 0 Å². The van der Waals surface area contributed by atoms with Crippen molar-refractivity contribution >= 4 is 31.7 Å². The number of carbonyl (C=O) groups excluding carboxylic acids is 1. The summed E-state index contributed by atoms with van der Waals surface area (Å²) in [5, 5.41) is 0. The molecule has 0 aromatic heterocycles. The molecule has 2 aromatic rings. The fraction of sp³-hybridized carbons (Fsp3) is 0.278. The van der Waals surface area contributed by atoms with E-state index in [9.17, 15) is 34.8 Å². The Hall–Kier alpha value is -2.64. The van der Waals surface area contributed by atoms with E-state index in [2.05, 4.69) is 14.2 Å². The molecule has 2 rings (SSSR count). The molecule has 0 unspecified atom stereocenters. The lowest BCUT2D eigenvalue weighted by Gasteiger charge is -2.13. The first-order valence-electron chi connectivity index (χ1n) is 8.67. The third-order valence-electron chi connectivity index (χ3n) is 4.01. The number of carbonyl (C=O) groups is 1. The average molecular weight is 480 g/mol. The number of methoxy groups -OCH3 is 1. The van der Waals surface area contributed by atoms with Gasteiger partial charge in [0.25, 0.3) is 10.0 Å². The van der Waals surface area contributed by atoms with Gasteiger partial charge in [-0.05, 0) is 48.9 Å². The minimum atomic E-state index is -4.74. The highest BCUT2D eigenvalue weighted by molar-refractivity contribution is 7.92. The number of rotatable bonds is 8. The number of ether oxygens (including phenoxy) is 1. The number of nitrogens with one attached hydrogen (secondary N) is 2. The van der Waals surface area contributed by atoms with Crippen LogP contribution in [0, 0.1) is 0 Å². The minimum Gasteiger partial charge on any atom is -0.465 e. The van der Waals surface area contributed by atoms with Gasteiger partial charge in [0.2, 0.25) is 10.0 Å². The van der Waals surface area contributed by atoms with Crippen molar-refractivity contribution in [1.29, 1.82) is 0 Å². The molecule has 31 heavy (non-hydrogen) atoms. The molecular formula is C18H19F3N2O6S2. The maximum Gasteiger partial charge on any atom is 0.416 e. The second-order valence-corrected chi connectivity index (χ2v) is 10.0. The van der Waals surface area contributed by atoms with Crippen LogP contribution in [0.4, 0.5) is 18.9 Å². The monoisotopic (exact) mass is 480 g/mol. The normalized spacial score (nSPS) is 12.4. The number of hydrogen-bond acceptors (Lipinski definition) is 6. The molecule has 0 fully saturated rings. The standard InChI is InChI=1S/C18H19F3N2O6S2/c1-3-30(25,26)22-11-12-7-13(17(24)29-2)9-15(8-12)23-31(27,28)16-6-4-5-14(10-16)18(19,20)21/h4-10,22-23H,3,11H2,1-2H3. The van der Waals surface area contributed by atoms with E-state index in [0.717, 1.165) is 31.4 Å². The highest BCUT2D eigenvalue weighted by Crippen LogP contribution is 2.31. The highest BCUT2D eigenvalue weighted by Gasteiger charge is 2.31. The summed E-state index contributed by atoms with van der Waals surface area (Å²) in [6.07, 6.45) is -4.74. The number of alkyl halides is 3. The molecule has 170 valence electrons. The second-order valence-electron chi connectivity index (χ2n) is 6.27. The molecule has 0 spiro atoms. The summed E-state index contributed by atoms with van der Waals surface area (Å²) < 4.78 is 96.2. The van der Waals surface area contributed by atoms with Crippen LogP contribution in [0.15, 0.2) is 47.4 Å².